The first-order valence-electron chi connectivity index (χ1n) is 22.6. The predicted molar refractivity (Wildman–Crippen MR) is 257 cm³/mol. The number of benzene rings is 2. The molecule has 74 heavy (non-hydrogen) atoms. The van der Waals surface area contributed by atoms with E-state index in [1.165, 1.54) is 48.1 Å². The molecular formula is C45H55F3N12O13S. The van der Waals surface area contributed by atoms with Crippen molar-refractivity contribution in [3.8, 4) is 5.75 Å². The summed E-state index contributed by atoms with van der Waals surface area (Å²) in [5.74, 6) is -9.44. The summed E-state index contributed by atoms with van der Waals surface area (Å²) in [6.45, 7) is 2.51. The fourth-order valence-corrected chi connectivity index (χ4v) is 7.46. The van der Waals surface area contributed by atoms with Gasteiger partial charge in [0.15, 0.2) is 5.96 Å². The van der Waals surface area contributed by atoms with Gasteiger partial charge in [-0.15, -0.1) is 0 Å². The van der Waals surface area contributed by atoms with Gasteiger partial charge >= 0.3 is 18.1 Å². The van der Waals surface area contributed by atoms with Gasteiger partial charge in [-0.1, -0.05) is 44.2 Å². The van der Waals surface area contributed by atoms with E-state index in [9.17, 15) is 69.6 Å². The third kappa shape index (κ3) is 19.8. The van der Waals surface area contributed by atoms with Crippen LogP contribution in [0, 0.1) is 5.92 Å². The van der Waals surface area contributed by atoms with Gasteiger partial charge in [-0.05, 0) is 67.5 Å². The Morgan fingerprint density at radius 2 is 1.64 bits per heavy atom. The van der Waals surface area contributed by atoms with Gasteiger partial charge in [-0.25, -0.2) is 4.98 Å². The number of pyridine rings is 1. The minimum absolute atomic E-state index is 0.00649. The van der Waals surface area contributed by atoms with Crippen LogP contribution in [0.2, 0.25) is 0 Å². The summed E-state index contributed by atoms with van der Waals surface area (Å²) in [5, 5.41) is 29.9. The van der Waals surface area contributed by atoms with Crippen LogP contribution in [0.4, 0.5) is 19.0 Å². The molecule has 2 heterocycles. The molecule has 3 aromatic rings. The van der Waals surface area contributed by atoms with Crippen molar-refractivity contribution in [1.29, 1.82) is 0 Å². The molecule has 1 aromatic heterocycles. The van der Waals surface area contributed by atoms with Crippen molar-refractivity contribution in [3.63, 3.8) is 0 Å². The molecule has 1 aliphatic heterocycles. The predicted octanol–water partition coefficient (Wildman–Crippen LogP) is -0.121. The number of nitrogens with two attached hydrogens (primary N) is 1. The zero-order chi connectivity index (χ0) is 54.6. The lowest BCUT2D eigenvalue weighted by molar-refractivity contribution is -0.171. The molecule has 0 aliphatic carbocycles. The molecule has 2 aromatic carbocycles. The van der Waals surface area contributed by atoms with Crippen LogP contribution in [0.15, 0.2) is 81.8 Å². The number of aliphatic imine (C=N–C) groups is 1. The van der Waals surface area contributed by atoms with Crippen LogP contribution in [0.5, 0.6) is 5.75 Å². The second kappa shape index (κ2) is 27.6. The van der Waals surface area contributed by atoms with Crippen LogP contribution < -0.4 is 53.1 Å². The molecule has 0 bridgehead atoms. The van der Waals surface area contributed by atoms with E-state index >= 15 is 0 Å². The number of rotatable bonds is 19. The van der Waals surface area contributed by atoms with Gasteiger partial charge in [0.05, 0.1) is 31.4 Å². The first-order valence-corrected chi connectivity index (χ1v) is 24.0. The van der Waals surface area contributed by atoms with Crippen LogP contribution >= 0.6 is 0 Å². The number of anilines is 1. The largest absolute Gasteiger partial charge is 0.494 e. The summed E-state index contributed by atoms with van der Waals surface area (Å²) in [7, 11) is -4.47. The lowest BCUT2D eigenvalue weighted by Crippen LogP contribution is -2.58. The number of hydrogen-bond donors (Lipinski definition) is 11. The number of carboxylic acids is 1. The van der Waals surface area contributed by atoms with Gasteiger partial charge in [0.2, 0.25) is 29.5 Å². The lowest BCUT2D eigenvalue weighted by atomic mass is 9.99. The minimum Gasteiger partial charge on any atom is -0.494 e. The second-order valence-corrected chi connectivity index (χ2v) is 18.1. The zero-order valence-corrected chi connectivity index (χ0v) is 40.5. The van der Waals surface area contributed by atoms with Crippen molar-refractivity contribution in [1.82, 2.24) is 42.2 Å². The van der Waals surface area contributed by atoms with E-state index in [0.29, 0.717) is 17.7 Å². The fraction of sp³-hybridized carbons (Fsp3) is 0.400. The number of carbonyl (C=O) groups is 8. The zero-order valence-electron chi connectivity index (χ0n) is 39.7. The molecule has 25 nitrogen and oxygen atoms in total. The average molecular weight is 1060 g/mol. The number of amides is 7. The Balaban J connectivity index is 1.35. The van der Waals surface area contributed by atoms with E-state index in [1.54, 1.807) is 44.2 Å². The number of halogens is 3. The van der Waals surface area contributed by atoms with Crippen LogP contribution in [0.1, 0.15) is 67.4 Å². The van der Waals surface area contributed by atoms with Crippen molar-refractivity contribution in [3.05, 3.63) is 83.6 Å². The number of carbonyl (C=O) groups excluding carboxylic acids is 7. The normalized spacial score (nSPS) is 18.6. The molecule has 0 saturated carbocycles. The monoisotopic (exact) mass is 1060 g/mol. The SMILES string of the molecule is CC(C)[C@@H]1NC(=O)C[C@@H](Cc2ccc(OCCCNC(=O)c3ccc(N/N=C/c4ccccc4S(=O)(=O)O)nc3)cc2)NC(=O)[C@H](CC(=O)O)NC(=O)CNC(=O)[C@H](CCCN=C(N)NC(=O)C(F)(F)F)NC1=O. The van der Waals surface area contributed by atoms with E-state index in [4.69, 9.17) is 10.5 Å². The highest BCUT2D eigenvalue weighted by Crippen LogP contribution is 2.17. The second-order valence-electron chi connectivity index (χ2n) is 16.7. The highest BCUT2D eigenvalue weighted by molar-refractivity contribution is 7.86. The van der Waals surface area contributed by atoms with Gasteiger partial charge in [-0.2, -0.15) is 26.7 Å². The standard InChI is InChI=1S/C45H55F3N12O13S/c1-25(2)38-42(68)57-31(8-5-16-51-44(49)59-43(69)45(46,47)48)40(66)53-24-36(62)56-32(21-37(63)64)41(67)55-29(20-35(61)58-38)19-26-10-13-30(14-11-26)73-18-6-17-50-39(65)28-12-15-34(52-22-28)60-54-23-27-7-3-4-9-33(27)74(70,71)72/h3-4,7,9-15,22-23,25,29,31-32,38H,5-6,8,16-21,24H2,1-2H3,(H,50,65)(H,52,60)(H,53,66)(H,55,67)(H,56,62)(H,57,68)(H,58,61)(H,63,64)(H,70,71,72)(H3,49,51,59,69)/b54-23+/t29-,31+,32+,38+/m1/s1. The van der Waals surface area contributed by atoms with Crippen molar-refractivity contribution in [2.24, 2.45) is 21.7 Å². The number of nitrogens with zero attached hydrogens (tertiary/aromatic N) is 3. The summed E-state index contributed by atoms with van der Waals surface area (Å²) in [6, 6.07) is 9.82. The quantitative estimate of drug-likeness (QED) is 0.0245. The summed E-state index contributed by atoms with van der Waals surface area (Å²) in [6.07, 6.45) is -4.01. The number of aromatic nitrogens is 1. The molecule has 29 heteroatoms. The molecule has 0 spiro atoms. The first-order chi connectivity index (χ1) is 34.9. The number of nitrogens with one attached hydrogen (secondary N) is 8. The average Bonchev–Trinajstić information content (AvgIpc) is 3.32. The Morgan fingerprint density at radius 3 is 2.28 bits per heavy atom. The highest BCUT2D eigenvalue weighted by Gasteiger charge is 2.39. The van der Waals surface area contributed by atoms with Crippen molar-refractivity contribution >= 4 is 75.4 Å². The Morgan fingerprint density at radius 1 is 0.919 bits per heavy atom. The number of hydrazone groups is 1. The molecule has 7 amide bonds. The van der Waals surface area contributed by atoms with E-state index in [1.807, 2.05) is 0 Å². The van der Waals surface area contributed by atoms with Crippen molar-refractivity contribution in [2.75, 3.05) is 31.7 Å². The third-order valence-corrected chi connectivity index (χ3v) is 11.4. The van der Waals surface area contributed by atoms with Crippen LogP contribution in [-0.2, 0) is 50.1 Å². The molecular weight excluding hydrogens is 1010 g/mol. The first kappa shape index (κ1) is 58.4. The van der Waals surface area contributed by atoms with Crippen molar-refractivity contribution in [2.45, 2.75) is 87.6 Å². The number of hydrogen-bond acceptors (Lipinski definition) is 15. The van der Waals surface area contributed by atoms with Gasteiger partial charge in [0.25, 0.3) is 16.0 Å². The van der Waals surface area contributed by atoms with E-state index in [0.717, 1.165) is 0 Å². The topological polar surface area (TPSA) is 380 Å². The van der Waals surface area contributed by atoms with Crippen LogP contribution in [-0.4, -0.2) is 139 Å². The summed E-state index contributed by atoms with van der Waals surface area (Å²) < 4.78 is 76.1. The molecule has 12 N–H and O–H groups in total. The summed E-state index contributed by atoms with van der Waals surface area (Å²) >= 11 is 0. The third-order valence-electron chi connectivity index (χ3n) is 10.4. The molecule has 1 saturated heterocycles. The van der Waals surface area contributed by atoms with Gasteiger partial charge < -0.3 is 47.5 Å². The van der Waals surface area contributed by atoms with Gasteiger partial charge in [0, 0.05) is 37.3 Å². The number of guanidine groups is 1. The maximum Gasteiger partial charge on any atom is 0.471 e. The molecule has 0 unspecified atom stereocenters. The molecule has 1 aliphatic rings. The Bertz CT molecular complexity index is 2670. The Kier molecular flexibility index (Phi) is 21.7. The lowest BCUT2D eigenvalue weighted by Gasteiger charge is -2.27. The van der Waals surface area contributed by atoms with Crippen molar-refractivity contribution < 1.29 is 74.3 Å². The molecule has 4 atom stereocenters. The van der Waals surface area contributed by atoms with E-state index < -0.39 is 119 Å². The highest BCUT2D eigenvalue weighted by atomic mass is 32.2. The maximum absolute atomic E-state index is 13.6. The fourth-order valence-electron chi connectivity index (χ4n) is 6.80. The van der Waals surface area contributed by atoms with E-state index in [2.05, 4.69) is 52.4 Å². The molecule has 4 rings (SSSR count). The minimum atomic E-state index is -5.23. The number of ether oxygens (including phenoxy) is 1. The molecule has 1 fully saturated rings. The van der Waals surface area contributed by atoms with Crippen LogP contribution in [0.25, 0.3) is 0 Å². The summed E-state index contributed by atoms with van der Waals surface area (Å²) in [4.78, 5) is 110. The molecule has 0 radical (unpaired) electrons. The number of carboxylic acid groups (broad SMARTS) is 1. The van der Waals surface area contributed by atoms with Gasteiger partial charge in [0.1, 0.15) is 34.6 Å². The Labute approximate surface area is 421 Å². The van der Waals surface area contributed by atoms with Gasteiger partial charge in [-0.3, -0.25) is 58.6 Å². The number of aliphatic carboxylic acids is 1. The molecule has 400 valence electrons. The summed E-state index contributed by atoms with van der Waals surface area (Å²) in [5.41, 5.74) is 8.93. The van der Waals surface area contributed by atoms with Crippen LogP contribution in [0.3, 0.4) is 0 Å². The van der Waals surface area contributed by atoms with E-state index in [-0.39, 0.29) is 60.8 Å². The number of alkyl halides is 3. The Hall–Kier alpha value is -8.21. The maximum atomic E-state index is 13.6. The smallest absolute Gasteiger partial charge is 0.471 e.